The number of phenols is 2. The summed E-state index contributed by atoms with van der Waals surface area (Å²) in [4.78, 5) is 51.7. The van der Waals surface area contributed by atoms with Crippen LogP contribution < -0.4 is 5.32 Å². The number of piperazine rings is 1. The standard InChI is InChI=1S/C28H32N6O8/c1-4-29-26(38)25-31-30-24(20-13-19(16(2)3)21(35)14-22(20)36)34(25)18-7-5-17(6-8-18)27(39)33-11-9-32(10-12-33)23(37)15-42-28(40)41/h5-8,13-14,16,35-36H,4,9-12,15H2,1-3H3,(H,29,38)(H,40,41). The first-order valence-corrected chi connectivity index (χ1v) is 13.3. The molecule has 2 aromatic carbocycles. The van der Waals surface area contributed by atoms with Crippen LogP contribution in [0.25, 0.3) is 17.1 Å². The van der Waals surface area contributed by atoms with Gasteiger partial charge in [-0.3, -0.25) is 19.0 Å². The maximum atomic E-state index is 13.2. The van der Waals surface area contributed by atoms with E-state index in [1.54, 1.807) is 42.2 Å². The van der Waals surface area contributed by atoms with Crippen LogP contribution in [0, 0.1) is 0 Å². The van der Waals surface area contributed by atoms with Gasteiger partial charge in [0.25, 0.3) is 17.7 Å². The Hall–Kier alpha value is -5.14. The fourth-order valence-electron chi connectivity index (χ4n) is 4.63. The van der Waals surface area contributed by atoms with Crippen LogP contribution in [0.2, 0.25) is 0 Å². The number of aromatic nitrogens is 3. The van der Waals surface area contributed by atoms with Gasteiger partial charge in [-0.25, -0.2) is 4.79 Å². The number of amides is 3. The lowest BCUT2D eigenvalue weighted by Gasteiger charge is -2.34. The summed E-state index contributed by atoms with van der Waals surface area (Å²) in [7, 11) is 0. The van der Waals surface area contributed by atoms with Crippen molar-refractivity contribution in [1.29, 1.82) is 0 Å². The first-order chi connectivity index (χ1) is 20.0. The minimum absolute atomic E-state index is 0.0304. The van der Waals surface area contributed by atoms with Crippen molar-refractivity contribution >= 4 is 23.9 Å². The van der Waals surface area contributed by atoms with Gasteiger partial charge < -0.3 is 35.2 Å². The molecule has 0 atom stereocenters. The number of carboxylic acid groups (broad SMARTS) is 1. The molecule has 1 saturated heterocycles. The van der Waals surface area contributed by atoms with Gasteiger partial charge in [0, 0.05) is 50.0 Å². The highest BCUT2D eigenvalue weighted by molar-refractivity contribution is 5.95. The van der Waals surface area contributed by atoms with Crippen LogP contribution in [-0.2, 0) is 9.53 Å². The Kier molecular flexibility index (Phi) is 8.93. The Morgan fingerprint density at radius 3 is 2.19 bits per heavy atom. The quantitative estimate of drug-likeness (QED) is 0.288. The SMILES string of the molecule is CCNC(=O)c1nnc(-c2cc(C(C)C)c(O)cc2O)n1-c1ccc(C(=O)N2CCN(C(=O)COC(=O)O)CC2)cc1. The Morgan fingerprint density at radius 1 is 0.952 bits per heavy atom. The maximum Gasteiger partial charge on any atom is 0.506 e. The molecule has 3 amide bonds. The number of nitrogens with zero attached hydrogens (tertiary/aromatic N) is 5. The zero-order valence-electron chi connectivity index (χ0n) is 23.4. The van der Waals surface area contributed by atoms with Crippen molar-refractivity contribution in [2.24, 2.45) is 0 Å². The number of ether oxygens (including phenoxy) is 1. The monoisotopic (exact) mass is 580 g/mol. The van der Waals surface area contributed by atoms with E-state index in [-0.39, 0.29) is 66.7 Å². The second kappa shape index (κ2) is 12.6. The van der Waals surface area contributed by atoms with Crippen LogP contribution in [0.15, 0.2) is 36.4 Å². The van der Waals surface area contributed by atoms with Gasteiger partial charge in [-0.05, 0) is 48.7 Å². The molecule has 0 radical (unpaired) electrons. The van der Waals surface area contributed by atoms with E-state index in [0.29, 0.717) is 23.4 Å². The molecular formula is C28H32N6O8. The molecule has 1 aromatic heterocycles. The third-order valence-electron chi connectivity index (χ3n) is 6.82. The molecule has 1 aliphatic heterocycles. The summed E-state index contributed by atoms with van der Waals surface area (Å²) in [6, 6.07) is 9.28. The molecule has 4 N–H and O–H groups in total. The largest absolute Gasteiger partial charge is 0.508 e. The Bertz CT molecular complexity index is 1490. The summed E-state index contributed by atoms with van der Waals surface area (Å²) >= 11 is 0. The van der Waals surface area contributed by atoms with E-state index in [9.17, 15) is 29.4 Å². The average molecular weight is 581 g/mol. The van der Waals surface area contributed by atoms with Gasteiger partial charge in [0.2, 0.25) is 5.82 Å². The van der Waals surface area contributed by atoms with Crippen molar-refractivity contribution in [2.75, 3.05) is 39.3 Å². The van der Waals surface area contributed by atoms with E-state index >= 15 is 0 Å². The van der Waals surface area contributed by atoms with Gasteiger partial charge in [0.05, 0.1) is 5.56 Å². The molecule has 0 bridgehead atoms. The number of phenolic OH excluding ortho intramolecular Hbond substituents is 2. The van der Waals surface area contributed by atoms with Crippen LogP contribution in [0.4, 0.5) is 4.79 Å². The van der Waals surface area contributed by atoms with Gasteiger partial charge in [0.15, 0.2) is 12.4 Å². The molecule has 1 aliphatic rings. The predicted molar refractivity (Wildman–Crippen MR) is 149 cm³/mol. The molecule has 1 fully saturated rings. The van der Waals surface area contributed by atoms with Crippen molar-refractivity contribution in [3.63, 3.8) is 0 Å². The van der Waals surface area contributed by atoms with E-state index in [1.165, 1.54) is 15.5 Å². The van der Waals surface area contributed by atoms with E-state index in [1.807, 2.05) is 13.8 Å². The number of hydrogen-bond acceptors (Lipinski definition) is 9. The summed E-state index contributed by atoms with van der Waals surface area (Å²) in [6.07, 6.45) is -1.53. The van der Waals surface area contributed by atoms with Gasteiger partial charge >= 0.3 is 6.16 Å². The molecule has 0 saturated carbocycles. The lowest BCUT2D eigenvalue weighted by atomic mass is 9.98. The van der Waals surface area contributed by atoms with Crippen molar-refractivity contribution in [2.45, 2.75) is 26.7 Å². The number of nitrogens with one attached hydrogen (secondary N) is 1. The molecule has 3 aromatic rings. The predicted octanol–water partition coefficient (Wildman–Crippen LogP) is 2.20. The molecule has 0 spiro atoms. The molecule has 14 heteroatoms. The Labute approximate surface area is 241 Å². The highest BCUT2D eigenvalue weighted by atomic mass is 16.7. The van der Waals surface area contributed by atoms with Crippen molar-refractivity contribution in [3.05, 3.63) is 53.3 Å². The topological polar surface area (TPSA) is 187 Å². The van der Waals surface area contributed by atoms with Gasteiger partial charge in [-0.1, -0.05) is 13.8 Å². The van der Waals surface area contributed by atoms with Crippen molar-refractivity contribution in [3.8, 4) is 28.6 Å². The average Bonchev–Trinajstić information content (AvgIpc) is 3.40. The summed E-state index contributed by atoms with van der Waals surface area (Å²) in [5, 5.41) is 40.6. The minimum Gasteiger partial charge on any atom is -0.508 e. The van der Waals surface area contributed by atoms with Crippen molar-refractivity contribution in [1.82, 2.24) is 29.9 Å². The number of hydrogen-bond donors (Lipinski definition) is 4. The number of rotatable bonds is 8. The molecule has 0 aliphatic carbocycles. The number of carbonyl (C=O) groups excluding carboxylic acids is 3. The van der Waals surface area contributed by atoms with Gasteiger partial charge in [0.1, 0.15) is 11.5 Å². The summed E-state index contributed by atoms with van der Waals surface area (Å²) in [5.74, 6) is -1.45. The summed E-state index contributed by atoms with van der Waals surface area (Å²) in [5.41, 5.74) is 1.67. The first kappa shape index (κ1) is 29.8. The highest BCUT2D eigenvalue weighted by Gasteiger charge is 2.27. The fraction of sp³-hybridized carbons (Fsp3) is 0.357. The lowest BCUT2D eigenvalue weighted by molar-refractivity contribution is -0.136. The molecule has 14 nitrogen and oxygen atoms in total. The smallest absolute Gasteiger partial charge is 0.506 e. The third kappa shape index (κ3) is 6.27. The maximum absolute atomic E-state index is 13.2. The molecule has 2 heterocycles. The zero-order chi connectivity index (χ0) is 30.6. The van der Waals surface area contributed by atoms with Crippen LogP contribution in [0.1, 0.15) is 53.2 Å². The minimum atomic E-state index is -1.53. The van der Waals surface area contributed by atoms with E-state index in [4.69, 9.17) is 5.11 Å². The van der Waals surface area contributed by atoms with E-state index < -0.39 is 24.6 Å². The van der Waals surface area contributed by atoms with Crippen LogP contribution in [0.5, 0.6) is 11.5 Å². The van der Waals surface area contributed by atoms with E-state index in [2.05, 4.69) is 20.3 Å². The molecular weight excluding hydrogens is 548 g/mol. The fourth-order valence-corrected chi connectivity index (χ4v) is 4.63. The van der Waals surface area contributed by atoms with E-state index in [0.717, 1.165) is 0 Å². The third-order valence-corrected chi connectivity index (χ3v) is 6.82. The lowest BCUT2D eigenvalue weighted by Crippen LogP contribution is -2.51. The first-order valence-electron chi connectivity index (χ1n) is 13.3. The number of aromatic hydroxyl groups is 2. The molecule has 0 unspecified atom stereocenters. The summed E-state index contributed by atoms with van der Waals surface area (Å²) < 4.78 is 5.80. The molecule has 4 rings (SSSR count). The molecule has 222 valence electrons. The number of benzene rings is 2. The van der Waals surface area contributed by atoms with Crippen LogP contribution >= 0.6 is 0 Å². The zero-order valence-corrected chi connectivity index (χ0v) is 23.4. The summed E-state index contributed by atoms with van der Waals surface area (Å²) in [6.45, 7) is 6.31. The second-order valence-electron chi connectivity index (χ2n) is 9.90. The van der Waals surface area contributed by atoms with Gasteiger partial charge in [-0.15, -0.1) is 10.2 Å². The van der Waals surface area contributed by atoms with Crippen LogP contribution in [-0.4, -0.2) is 103 Å². The second-order valence-corrected chi connectivity index (χ2v) is 9.90. The van der Waals surface area contributed by atoms with Gasteiger partial charge in [-0.2, -0.15) is 0 Å². The Morgan fingerprint density at radius 2 is 1.60 bits per heavy atom. The normalized spacial score (nSPS) is 13.2. The number of carbonyl (C=O) groups is 4. The highest BCUT2D eigenvalue weighted by Crippen LogP contribution is 2.38. The molecule has 42 heavy (non-hydrogen) atoms. The Balaban J connectivity index is 1.60. The van der Waals surface area contributed by atoms with Crippen molar-refractivity contribution < 1.29 is 39.2 Å². The van der Waals surface area contributed by atoms with Crippen LogP contribution in [0.3, 0.4) is 0 Å².